The number of thiazole rings is 1. The van der Waals surface area contributed by atoms with Gasteiger partial charge in [0.25, 0.3) is 0 Å². The number of para-hydroxylation sites is 1. The maximum Gasteiger partial charge on any atom is 0.347 e. The lowest BCUT2D eigenvalue weighted by atomic mass is 10.1. The van der Waals surface area contributed by atoms with E-state index >= 15 is 0 Å². The molecule has 20 heavy (non-hydrogen) atoms. The molecule has 106 valence electrons. The van der Waals surface area contributed by atoms with Crippen molar-refractivity contribution in [3.63, 3.8) is 0 Å². The van der Waals surface area contributed by atoms with Crippen molar-refractivity contribution in [2.24, 2.45) is 5.92 Å². The second-order valence-corrected chi connectivity index (χ2v) is 5.97. The van der Waals surface area contributed by atoms with Crippen molar-refractivity contribution in [1.82, 2.24) is 4.98 Å². The Morgan fingerprint density at radius 3 is 2.65 bits per heavy atom. The summed E-state index contributed by atoms with van der Waals surface area (Å²) in [6.45, 7) is 4.39. The number of aromatic carboxylic acids is 1. The zero-order valence-electron chi connectivity index (χ0n) is 11.5. The molecule has 1 aromatic heterocycles. The Kier molecular flexibility index (Phi) is 4.74. The van der Waals surface area contributed by atoms with Crippen LogP contribution >= 0.6 is 11.3 Å². The third-order valence-corrected chi connectivity index (χ3v) is 3.70. The Balaban J connectivity index is 2.10. The normalized spacial score (nSPS) is 10.8. The summed E-state index contributed by atoms with van der Waals surface area (Å²) in [6, 6.07) is 9.43. The van der Waals surface area contributed by atoms with Crippen LogP contribution in [0, 0.1) is 5.92 Å². The minimum atomic E-state index is -0.913. The predicted octanol–water partition coefficient (Wildman–Crippen LogP) is 3.62. The van der Waals surface area contributed by atoms with Gasteiger partial charge in [-0.2, -0.15) is 0 Å². The van der Waals surface area contributed by atoms with Gasteiger partial charge < -0.3 is 9.84 Å². The van der Waals surface area contributed by atoms with Crippen LogP contribution in [-0.4, -0.2) is 16.1 Å². The molecule has 0 fully saturated rings. The molecule has 1 aromatic carbocycles. The van der Waals surface area contributed by atoms with Crippen molar-refractivity contribution in [2.45, 2.75) is 26.9 Å². The Morgan fingerprint density at radius 1 is 1.35 bits per heavy atom. The molecule has 0 atom stereocenters. The van der Waals surface area contributed by atoms with Crippen LogP contribution in [0.3, 0.4) is 0 Å². The molecule has 5 heteroatoms. The van der Waals surface area contributed by atoms with Gasteiger partial charge in [0.2, 0.25) is 0 Å². The van der Waals surface area contributed by atoms with Crippen molar-refractivity contribution < 1.29 is 14.6 Å². The van der Waals surface area contributed by atoms with Crippen molar-refractivity contribution in [1.29, 1.82) is 0 Å². The van der Waals surface area contributed by atoms with Crippen LogP contribution in [0.5, 0.6) is 5.75 Å². The Bertz CT molecular complexity index is 578. The van der Waals surface area contributed by atoms with Gasteiger partial charge in [0, 0.05) is 0 Å². The Hall–Kier alpha value is -1.88. The first kappa shape index (κ1) is 14.5. The fourth-order valence-electron chi connectivity index (χ4n) is 1.82. The highest BCUT2D eigenvalue weighted by molar-refractivity contribution is 7.13. The van der Waals surface area contributed by atoms with Crippen molar-refractivity contribution in [3.8, 4) is 5.75 Å². The van der Waals surface area contributed by atoms with Crippen LogP contribution in [0.25, 0.3) is 0 Å². The molecule has 0 aliphatic heterocycles. The molecule has 1 heterocycles. The van der Waals surface area contributed by atoms with Crippen LogP contribution in [-0.2, 0) is 13.0 Å². The summed E-state index contributed by atoms with van der Waals surface area (Å²) in [4.78, 5) is 15.9. The molecule has 1 N–H and O–H groups in total. The van der Waals surface area contributed by atoms with E-state index in [9.17, 15) is 9.90 Å². The quantitative estimate of drug-likeness (QED) is 0.883. The lowest BCUT2D eigenvalue weighted by Gasteiger charge is -2.03. The predicted molar refractivity (Wildman–Crippen MR) is 78.4 cm³/mol. The van der Waals surface area contributed by atoms with Gasteiger partial charge in [0.1, 0.15) is 22.2 Å². The second kappa shape index (κ2) is 6.52. The Morgan fingerprint density at radius 2 is 2.05 bits per heavy atom. The molecular weight excluding hydrogens is 274 g/mol. The summed E-state index contributed by atoms with van der Waals surface area (Å²) in [5, 5.41) is 9.90. The third kappa shape index (κ3) is 3.81. The average molecular weight is 291 g/mol. The molecule has 2 aromatic rings. The SMILES string of the molecule is CC(C)Cc1nc(COc2ccccc2)sc1C(=O)O. The molecule has 0 amide bonds. The van der Waals surface area contributed by atoms with Crippen LogP contribution in [0.15, 0.2) is 30.3 Å². The van der Waals surface area contributed by atoms with Crippen LogP contribution in [0.4, 0.5) is 0 Å². The highest BCUT2D eigenvalue weighted by atomic mass is 32.1. The molecule has 0 spiro atoms. The number of ether oxygens (including phenoxy) is 1. The molecule has 0 unspecified atom stereocenters. The maximum absolute atomic E-state index is 11.2. The molecule has 0 saturated heterocycles. The number of carboxylic acids is 1. The van der Waals surface area contributed by atoms with Gasteiger partial charge in [-0.15, -0.1) is 11.3 Å². The smallest absolute Gasteiger partial charge is 0.347 e. The standard InChI is InChI=1S/C15H17NO3S/c1-10(2)8-12-14(15(17)18)20-13(16-12)9-19-11-6-4-3-5-7-11/h3-7,10H,8-9H2,1-2H3,(H,17,18). The van der Waals surface area contributed by atoms with E-state index in [4.69, 9.17) is 4.74 Å². The molecule has 0 bridgehead atoms. The first-order valence-electron chi connectivity index (χ1n) is 6.46. The second-order valence-electron chi connectivity index (χ2n) is 4.89. The Labute approximate surface area is 122 Å². The van der Waals surface area contributed by atoms with E-state index in [1.807, 2.05) is 44.2 Å². The summed E-state index contributed by atoms with van der Waals surface area (Å²) in [7, 11) is 0. The van der Waals surface area contributed by atoms with E-state index in [0.717, 1.165) is 5.75 Å². The van der Waals surface area contributed by atoms with E-state index in [1.165, 1.54) is 11.3 Å². The largest absolute Gasteiger partial charge is 0.486 e. The van der Waals surface area contributed by atoms with E-state index < -0.39 is 5.97 Å². The first-order chi connectivity index (χ1) is 9.56. The van der Waals surface area contributed by atoms with Crippen molar-refractivity contribution in [3.05, 3.63) is 45.9 Å². The molecule has 0 aliphatic rings. The first-order valence-corrected chi connectivity index (χ1v) is 7.27. The summed E-state index contributed by atoms with van der Waals surface area (Å²) in [6.07, 6.45) is 0.670. The topological polar surface area (TPSA) is 59.4 Å². The van der Waals surface area contributed by atoms with Gasteiger partial charge in [0.05, 0.1) is 5.69 Å². The van der Waals surface area contributed by atoms with Crippen LogP contribution in [0.2, 0.25) is 0 Å². The number of hydrogen-bond acceptors (Lipinski definition) is 4. The number of hydrogen-bond donors (Lipinski definition) is 1. The maximum atomic E-state index is 11.2. The molecule has 2 rings (SSSR count). The lowest BCUT2D eigenvalue weighted by Crippen LogP contribution is -2.03. The fraction of sp³-hybridized carbons (Fsp3) is 0.333. The summed E-state index contributed by atoms with van der Waals surface area (Å²) < 4.78 is 5.60. The number of carboxylic acid groups (broad SMARTS) is 1. The third-order valence-electron chi connectivity index (χ3n) is 2.64. The van der Waals surface area contributed by atoms with Crippen LogP contribution in [0.1, 0.15) is 34.2 Å². The minimum Gasteiger partial charge on any atom is -0.486 e. The molecular formula is C15H17NO3S. The van der Waals surface area contributed by atoms with Gasteiger partial charge in [-0.25, -0.2) is 9.78 Å². The zero-order valence-corrected chi connectivity index (χ0v) is 12.3. The number of aromatic nitrogens is 1. The van der Waals surface area contributed by atoms with Crippen molar-refractivity contribution in [2.75, 3.05) is 0 Å². The number of nitrogens with zero attached hydrogens (tertiary/aromatic N) is 1. The van der Waals surface area contributed by atoms with Crippen LogP contribution < -0.4 is 4.74 Å². The number of rotatable bonds is 6. The van der Waals surface area contributed by atoms with Crippen molar-refractivity contribution >= 4 is 17.3 Å². The monoisotopic (exact) mass is 291 g/mol. The average Bonchev–Trinajstić information content (AvgIpc) is 2.80. The highest BCUT2D eigenvalue weighted by Crippen LogP contribution is 2.23. The van der Waals surface area contributed by atoms with Gasteiger partial charge in [-0.3, -0.25) is 0 Å². The van der Waals surface area contributed by atoms with Gasteiger partial charge in [0.15, 0.2) is 0 Å². The van der Waals surface area contributed by atoms with E-state index in [2.05, 4.69) is 4.98 Å². The van der Waals surface area contributed by atoms with E-state index in [0.29, 0.717) is 34.5 Å². The van der Waals surface area contributed by atoms with E-state index in [1.54, 1.807) is 0 Å². The summed E-state index contributed by atoms with van der Waals surface area (Å²) in [5.41, 5.74) is 0.657. The van der Waals surface area contributed by atoms with Gasteiger partial charge >= 0.3 is 5.97 Å². The highest BCUT2D eigenvalue weighted by Gasteiger charge is 2.18. The summed E-state index contributed by atoms with van der Waals surface area (Å²) >= 11 is 1.19. The van der Waals surface area contributed by atoms with Gasteiger partial charge in [-0.05, 0) is 24.5 Å². The number of carbonyl (C=O) groups is 1. The molecule has 0 aliphatic carbocycles. The fourth-order valence-corrected chi connectivity index (χ4v) is 2.66. The minimum absolute atomic E-state index is 0.299. The lowest BCUT2D eigenvalue weighted by molar-refractivity contribution is 0.0700. The molecule has 4 nitrogen and oxygen atoms in total. The zero-order chi connectivity index (χ0) is 14.5. The molecule has 0 saturated carbocycles. The van der Waals surface area contributed by atoms with E-state index in [-0.39, 0.29) is 0 Å². The molecule has 0 radical (unpaired) electrons. The van der Waals surface area contributed by atoms with Gasteiger partial charge in [-0.1, -0.05) is 32.0 Å². The number of benzene rings is 1. The summed E-state index contributed by atoms with van der Waals surface area (Å²) in [5.74, 6) is 0.215.